The molecule has 0 radical (unpaired) electrons. The Bertz CT molecular complexity index is 755. The van der Waals surface area contributed by atoms with Crippen LogP contribution >= 0.6 is 0 Å². The molecule has 3 rings (SSSR count). The quantitative estimate of drug-likeness (QED) is 0.715. The van der Waals surface area contributed by atoms with E-state index in [0.717, 1.165) is 5.56 Å². The van der Waals surface area contributed by atoms with Gasteiger partial charge in [-0.25, -0.2) is 4.98 Å². The molecule has 5 heteroatoms. The Morgan fingerprint density at radius 3 is 2.78 bits per heavy atom. The van der Waals surface area contributed by atoms with Crippen molar-refractivity contribution in [1.82, 2.24) is 20.2 Å². The van der Waals surface area contributed by atoms with Gasteiger partial charge in [-0.05, 0) is 11.6 Å². The van der Waals surface area contributed by atoms with Crippen molar-refractivity contribution in [2.24, 2.45) is 0 Å². The number of hydrogen-bond donors (Lipinski definition) is 2. The summed E-state index contributed by atoms with van der Waals surface area (Å²) in [5.41, 5.74) is 1.35. The third kappa shape index (κ3) is 1.93. The molecule has 0 amide bonds. The molecule has 0 bridgehead atoms. The van der Waals surface area contributed by atoms with Gasteiger partial charge in [0.15, 0.2) is 5.65 Å². The Kier molecular flexibility index (Phi) is 2.49. The van der Waals surface area contributed by atoms with E-state index in [1.54, 1.807) is 6.08 Å². The molecule has 0 unspecified atom stereocenters. The van der Waals surface area contributed by atoms with Crippen molar-refractivity contribution in [2.45, 2.75) is 0 Å². The number of hydrogen-bond acceptors (Lipinski definition) is 3. The molecule has 5 nitrogen and oxygen atoms in total. The number of H-pyrrole nitrogens is 2. The SMILES string of the molecule is O=c1[nH]c(/C=C/c2ccccc2)nc2[nH]ncc12. The smallest absolute Gasteiger partial charge is 0.262 e. The summed E-state index contributed by atoms with van der Waals surface area (Å²) in [5, 5.41) is 6.94. The molecule has 0 saturated carbocycles. The maximum Gasteiger partial charge on any atom is 0.262 e. The summed E-state index contributed by atoms with van der Waals surface area (Å²) in [6, 6.07) is 9.81. The highest BCUT2D eigenvalue weighted by molar-refractivity contribution is 5.74. The van der Waals surface area contributed by atoms with Crippen LogP contribution < -0.4 is 5.56 Å². The Labute approximate surface area is 102 Å². The summed E-state index contributed by atoms with van der Waals surface area (Å²) < 4.78 is 0. The molecule has 0 fully saturated rings. The molecule has 2 heterocycles. The molecule has 0 aliphatic carbocycles. The molecule has 0 aliphatic heterocycles. The summed E-state index contributed by atoms with van der Waals surface area (Å²) in [5.74, 6) is 0.501. The standard InChI is InChI=1S/C13H10N4O/c18-13-10-8-14-17-12(10)15-11(16-13)7-6-9-4-2-1-3-5-9/h1-8H,(H2,14,15,16,17,18)/b7-6+. The molecule has 18 heavy (non-hydrogen) atoms. The Hall–Kier alpha value is -2.69. The molecular formula is C13H10N4O. The van der Waals surface area contributed by atoms with Crippen LogP contribution in [0.3, 0.4) is 0 Å². The molecule has 2 aromatic heterocycles. The van der Waals surface area contributed by atoms with Crippen molar-refractivity contribution in [3.05, 3.63) is 58.3 Å². The van der Waals surface area contributed by atoms with Gasteiger partial charge in [-0.2, -0.15) is 5.10 Å². The number of aromatic amines is 2. The van der Waals surface area contributed by atoms with E-state index < -0.39 is 0 Å². The maximum atomic E-state index is 11.7. The van der Waals surface area contributed by atoms with Gasteiger partial charge in [0.2, 0.25) is 0 Å². The number of benzene rings is 1. The summed E-state index contributed by atoms with van der Waals surface area (Å²) in [6.45, 7) is 0. The van der Waals surface area contributed by atoms with E-state index in [1.165, 1.54) is 6.20 Å². The van der Waals surface area contributed by atoms with Crippen LogP contribution in [0, 0.1) is 0 Å². The van der Waals surface area contributed by atoms with Gasteiger partial charge in [0.05, 0.1) is 6.20 Å². The van der Waals surface area contributed by atoms with Crippen LogP contribution in [0.5, 0.6) is 0 Å². The third-order valence-electron chi connectivity index (χ3n) is 2.57. The van der Waals surface area contributed by atoms with E-state index in [0.29, 0.717) is 16.9 Å². The first-order chi connectivity index (χ1) is 8.83. The van der Waals surface area contributed by atoms with Crippen LogP contribution in [0.4, 0.5) is 0 Å². The Morgan fingerprint density at radius 2 is 1.94 bits per heavy atom. The second kappa shape index (κ2) is 4.29. The lowest BCUT2D eigenvalue weighted by atomic mass is 10.2. The zero-order chi connectivity index (χ0) is 12.4. The topological polar surface area (TPSA) is 74.4 Å². The molecule has 88 valence electrons. The Balaban J connectivity index is 2.00. The van der Waals surface area contributed by atoms with Gasteiger partial charge in [-0.3, -0.25) is 9.89 Å². The van der Waals surface area contributed by atoms with Crippen molar-refractivity contribution in [2.75, 3.05) is 0 Å². The zero-order valence-corrected chi connectivity index (χ0v) is 9.42. The van der Waals surface area contributed by atoms with Crippen LogP contribution in [-0.4, -0.2) is 20.2 Å². The van der Waals surface area contributed by atoms with Crippen LogP contribution in [0.15, 0.2) is 41.3 Å². The normalized spacial score (nSPS) is 11.3. The lowest BCUT2D eigenvalue weighted by Gasteiger charge is -1.94. The average molecular weight is 238 g/mol. The molecule has 2 N–H and O–H groups in total. The zero-order valence-electron chi connectivity index (χ0n) is 9.42. The third-order valence-corrected chi connectivity index (χ3v) is 2.57. The molecular weight excluding hydrogens is 228 g/mol. The van der Waals surface area contributed by atoms with Crippen molar-refractivity contribution in [3.8, 4) is 0 Å². The molecule has 0 saturated heterocycles. The van der Waals surface area contributed by atoms with Gasteiger partial charge in [0, 0.05) is 0 Å². The predicted octanol–water partition coefficient (Wildman–Crippen LogP) is 1.82. The highest BCUT2D eigenvalue weighted by atomic mass is 16.1. The van der Waals surface area contributed by atoms with Crippen molar-refractivity contribution in [3.63, 3.8) is 0 Å². The summed E-state index contributed by atoms with van der Waals surface area (Å²) in [4.78, 5) is 18.6. The van der Waals surface area contributed by atoms with Crippen LogP contribution in [0.1, 0.15) is 11.4 Å². The van der Waals surface area contributed by atoms with E-state index >= 15 is 0 Å². The largest absolute Gasteiger partial charge is 0.306 e. The number of aromatic nitrogens is 4. The van der Waals surface area contributed by atoms with Gasteiger partial charge >= 0.3 is 0 Å². The van der Waals surface area contributed by atoms with E-state index in [4.69, 9.17) is 0 Å². The Morgan fingerprint density at radius 1 is 1.11 bits per heavy atom. The van der Waals surface area contributed by atoms with Crippen molar-refractivity contribution < 1.29 is 0 Å². The minimum atomic E-state index is -0.193. The van der Waals surface area contributed by atoms with Gasteiger partial charge in [-0.1, -0.05) is 36.4 Å². The summed E-state index contributed by atoms with van der Waals surface area (Å²) in [6.07, 6.45) is 5.11. The number of fused-ring (bicyclic) bond motifs is 1. The second-order valence-corrected chi connectivity index (χ2v) is 3.83. The fourth-order valence-electron chi connectivity index (χ4n) is 1.68. The average Bonchev–Trinajstić information content (AvgIpc) is 2.86. The molecule has 0 aliphatic rings. The van der Waals surface area contributed by atoms with Crippen LogP contribution in [-0.2, 0) is 0 Å². The van der Waals surface area contributed by atoms with Gasteiger partial charge in [0.25, 0.3) is 5.56 Å². The highest BCUT2D eigenvalue weighted by Crippen LogP contribution is 2.06. The van der Waals surface area contributed by atoms with E-state index in [-0.39, 0.29) is 5.56 Å². The van der Waals surface area contributed by atoms with Crippen LogP contribution in [0.25, 0.3) is 23.2 Å². The lowest BCUT2D eigenvalue weighted by Crippen LogP contribution is -2.08. The summed E-state index contributed by atoms with van der Waals surface area (Å²) in [7, 11) is 0. The predicted molar refractivity (Wildman–Crippen MR) is 69.9 cm³/mol. The fraction of sp³-hybridized carbons (Fsp3) is 0. The van der Waals surface area contributed by atoms with E-state index in [2.05, 4.69) is 20.2 Å². The first-order valence-electron chi connectivity index (χ1n) is 5.49. The fourth-order valence-corrected chi connectivity index (χ4v) is 1.68. The minimum absolute atomic E-state index is 0.193. The van der Waals surface area contributed by atoms with Gasteiger partial charge in [0.1, 0.15) is 11.2 Å². The molecule has 0 spiro atoms. The van der Waals surface area contributed by atoms with Crippen molar-refractivity contribution in [1.29, 1.82) is 0 Å². The van der Waals surface area contributed by atoms with E-state index in [9.17, 15) is 4.79 Å². The van der Waals surface area contributed by atoms with Gasteiger partial charge < -0.3 is 4.98 Å². The monoisotopic (exact) mass is 238 g/mol. The van der Waals surface area contributed by atoms with Crippen molar-refractivity contribution >= 4 is 23.2 Å². The minimum Gasteiger partial charge on any atom is -0.306 e. The number of nitrogens with zero attached hydrogens (tertiary/aromatic N) is 2. The molecule has 0 atom stereocenters. The number of nitrogens with one attached hydrogen (secondary N) is 2. The lowest BCUT2D eigenvalue weighted by molar-refractivity contribution is 1.07. The van der Waals surface area contributed by atoms with Crippen LogP contribution in [0.2, 0.25) is 0 Å². The molecule has 3 aromatic rings. The molecule has 1 aromatic carbocycles. The second-order valence-electron chi connectivity index (χ2n) is 3.83. The number of rotatable bonds is 2. The summed E-state index contributed by atoms with van der Waals surface area (Å²) >= 11 is 0. The highest BCUT2D eigenvalue weighted by Gasteiger charge is 2.02. The van der Waals surface area contributed by atoms with E-state index in [1.807, 2.05) is 36.4 Å². The first-order valence-corrected chi connectivity index (χ1v) is 5.49. The van der Waals surface area contributed by atoms with Gasteiger partial charge in [-0.15, -0.1) is 0 Å². The maximum absolute atomic E-state index is 11.7. The first kappa shape index (κ1) is 10.5.